The largest absolute Gasteiger partial charge is 0.462 e. The number of hydrogen-bond acceptors (Lipinski definition) is 6. The molecule has 47 heavy (non-hydrogen) atoms. The van der Waals surface area contributed by atoms with Gasteiger partial charge in [0.05, 0.1) is 0 Å². The number of hydrogen-bond donors (Lipinski definition) is 0. The van der Waals surface area contributed by atoms with E-state index in [0.717, 1.165) is 83.5 Å². The molecule has 0 fully saturated rings. The van der Waals surface area contributed by atoms with Crippen molar-refractivity contribution in [1.82, 2.24) is 0 Å². The second-order valence-corrected chi connectivity index (χ2v) is 12.1. The molecule has 0 saturated heterocycles. The van der Waals surface area contributed by atoms with Crippen molar-refractivity contribution in [3.63, 3.8) is 0 Å². The van der Waals surface area contributed by atoms with Gasteiger partial charge >= 0.3 is 17.9 Å². The van der Waals surface area contributed by atoms with Crippen LogP contribution in [0, 0.1) is 0 Å². The van der Waals surface area contributed by atoms with Gasteiger partial charge in [-0.15, -0.1) is 0 Å². The quantitative estimate of drug-likeness (QED) is 0.0310. The first-order valence-corrected chi connectivity index (χ1v) is 18.8. The molecule has 1 unspecified atom stereocenters. The van der Waals surface area contributed by atoms with Crippen molar-refractivity contribution >= 4 is 17.9 Å². The van der Waals surface area contributed by atoms with Crippen LogP contribution in [0.3, 0.4) is 0 Å². The molecule has 0 N–H and O–H groups in total. The fourth-order valence-electron chi connectivity index (χ4n) is 4.71. The first-order chi connectivity index (χ1) is 23.0. The number of unbranched alkanes of at least 4 members (excludes halogenated alkanes) is 11. The third-order valence-corrected chi connectivity index (χ3v) is 7.54. The number of carbonyl (C=O) groups excluding carboxylic acids is 3. The summed E-state index contributed by atoms with van der Waals surface area (Å²) in [5.41, 5.74) is 0. The van der Waals surface area contributed by atoms with Gasteiger partial charge in [0.2, 0.25) is 0 Å². The highest BCUT2D eigenvalue weighted by Gasteiger charge is 2.19. The Hall–Kier alpha value is -2.89. The third-order valence-electron chi connectivity index (χ3n) is 7.54. The molecule has 0 aliphatic rings. The van der Waals surface area contributed by atoms with Crippen LogP contribution in [0.5, 0.6) is 0 Å². The second kappa shape index (κ2) is 36.0. The number of carbonyl (C=O) groups is 3. The van der Waals surface area contributed by atoms with Gasteiger partial charge in [-0.3, -0.25) is 14.4 Å². The van der Waals surface area contributed by atoms with E-state index in [1.165, 1.54) is 32.1 Å². The summed E-state index contributed by atoms with van der Waals surface area (Å²) in [4.78, 5) is 37.1. The molecular formula is C41H68O6. The van der Waals surface area contributed by atoms with E-state index in [4.69, 9.17) is 14.2 Å². The highest BCUT2D eigenvalue weighted by molar-refractivity contribution is 5.71. The molecule has 0 heterocycles. The minimum absolute atomic E-state index is 0.0934. The summed E-state index contributed by atoms with van der Waals surface area (Å²) in [6.07, 6.45) is 41.1. The summed E-state index contributed by atoms with van der Waals surface area (Å²) in [5.74, 6) is -0.987. The van der Waals surface area contributed by atoms with Crippen molar-refractivity contribution in [1.29, 1.82) is 0 Å². The molecule has 0 aromatic rings. The van der Waals surface area contributed by atoms with Gasteiger partial charge in [-0.05, 0) is 57.8 Å². The molecule has 0 aromatic heterocycles. The number of ether oxygens (including phenoxy) is 3. The molecule has 0 aromatic carbocycles. The van der Waals surface area contributed by atoms with E-state index in [1.807, 2.05) is 0 Å². The lowest BCUT2D eigenvalue weighted by Gasteiger charge is -2.18. The Labute approximate surface area is 288 Å². The fourth-order valence-corrected chi connectivity index (χ4v) is 4.71. The molecule has 0 radical (unpaired) electrons. The molecule has 0 aliphatic carbocycles. The van der Waals surface area contributed by atoms with Crippen LogP contribution in [0.4, 0.5) is 0 Å². The van der Waals surface area contributed by atoms with Gasteiger partial charge in [-0.25, -0.2) is 0 Å². The van der Waals surface area contributed by atoms with Gasteiger partial charge in [0.15, 0.2) is 6.10 Å². The molecule has 0 spiro atoms. The minimum Gasteiger partial charge on any atom is -0.462 e. The molecule has 268 valence electrons. The summed E-state index contributed by atoms with van der Waals surface area (Å²) in [5, 5.41) is 0. The average molecular weight is 657 g/mol. The van der Waals surface area contributed by atoms with Crippen molar-refractivity contribution < 1.29 is 28.6 Å². The maximum absolute atomic E-state index is 12.5. The van der Waals surface area contributed by atoms with E-state index in [9.17, 15) is 14.4 Å². The van der Waals surface area contributed by atoms with Crippen LogP contribution in [0.25, 0.3) is 0 Å². The Bertz CT molecular complexity index is 898. The summed E-state index contributed by atoms with van der Waals surface area (Å²) in [6.45, 7) is 6.30. The summed E-state index contributed by atoms with van der Waals surface area (Å²) in [6, 6.07) is 0. The number of allylic oxidation sites excluding steroid dienone is 10. The first-order valence-electron chi connectivity index (χ1n) is 18.8. The van der Waals surface area contributed by atoms with Crippen molar-refractivity contribution in [2.45, 2.75) is 168 Å². The van der Waals surface area contributed by atoms with Crippen LogP contribution in [-0.2, 0) is 28.6 Å². The lowest BCUT2D eigenvalue weighted by atomic mass is 10.1. The standard InChI is InChI=1S/C41H68O6/c1-4-7-10-13-15-16-17-18-19-20-21-22-23-24-26-28-31-34-40(43)46-37-38(36-45-39(42)33-30-27-12-9-6-3)47-41(44)35-32-29-25-14-11-8-5-2/h7,10,15-16,18-19,21-22,24,26,38H,4-6,8-9,11-14,17,20,23,25,27-37H2,1-3H3/b10-7-,16-15-,19-18-,22-21-,26-24-. The lowest BCUT2D eigenvalue weighted by Crippen LogP contribution is -2.30. The SMILES string of the molecule is CC/C=C\C/C=C\C/C=C\C/C=C\C/C=C\CCCC(=O)OCC(COC(=O)CCCCCCC)OC(=O)CCCCCCCCC. The number of rotatable bonds is 32. The van der Waals surface area contributed by atoms with E-state index >= 15 is 0 Å². The van der Waals surface area contributed by atoms with Gasteiger partial charge in [-0.1, -0.05) is 146 Å². The molecule has 0 aliphatic heterocycles. The zero-order valence-corrected chi connectivity index (χ0v) is 30.3. The van der Waals surface area contributed by atoms with Crippen molar-refractivity contribution in [3.8, 4) is 0 Å². The van der Waals surface area contributed by atoms with Crippen LogP contribution in [0.15, 0.2) is 60.8 Å². The molecule has 0 saturated carbocycles. The first kappa shape index (κ1) is 44.1. The Kier molecular flexibility index (Phi) is 33.7. The van der Waals surface area contributed by atoms with Crippen molar-refractivity contribution in [2.75, 3.05) is 13.2 Å². The van der Waals surface area contributed by atoms with Gasteiger partial charge in [-0.2, -0.15) is 0 Å². The zero-order valence-electron chi connectivity index (χ0n) is 30.3. The van der Waals surface area contributed by atoms with E-state index in [1.54, 1.807) is 0 Å². The maximum Gasteiger partial charge on any atom is 0.306 e. The molecule has 6 nitrogen and oxygen atoms in total. The fraction of sp³-hybridized carbons (Fsp3) is 0.683. The van der Waals surface area contributed by atoms with Crippen LogP contribution in [0.1, 0.15) is 162 Å². The molecule has 0 amide bonds. The van der Waals surface area contributed by atoms with E-state index in [0.29, 0.717) is 19.3 Å². The van der Waals surface area contributed by atoms with Crippen molar-refractivity contribution in [2.24, 2.45) is 0 Å². The second-order valence-electron chi connectivity index (χ2n) is 12.1. The molecule has 0 bridgehead atoms. The van der Waals surface area contributed by atoms with Gasteiger partial charge in [0.25, 0.3) is 0 Å². The van der Waals surface area contributed by atoms with E-state index in [2.05, 4.69) is 81.5 Å². The molecule has 6 heteroatoms. The normalized spacial score (nSPS) is 12.7. The number of esters is 3. The van der Waals surface area contributed by atoms with Crippen LogP contribution >= 0.6 is 0 Å². The maximum atomic E-state index is 12.5. The monoisotopic (exact) mass is 657 g/mol. The third kappa shape index (κ3) is 34.3. The Morgan fingerprint density at radius 1 is 0.447 bits per heavy atom. The summed E-state index contributed by atoms with van der Waals surface area (Å²) < 4.78 is 16.4. The smallest absolute Gasteiger partial charge is 0.306 e. The zero-order chi connectivity index (χ0) is 34.5. The average Bonchev–Trinajstić information content (AvgIpc) is 3.06. The molecule has 0 rings (SSSR count). The van der Waals surface area contributed by atoms with Crippen LogP contribution in [0.2, 0.25) is 0 Å². The molecule has 1 atom stereocenters. The Morgan fingerprint density at radius 2 is 0.830 bits per heavy atom. The predicted octanol–water partition coefficient (Wildman–Crippen LogP) is 11.4. The minimum atomic E-state index is -0.786. The highest BCUT2D eigenvalue weighted by Crippen LogP contribution is 2.11. The summed E-state index contributed by atoms with van der Waals surface area (Å²) in [7, 11) is 0. The lowest BCUT2D eigenvalue weighted by molar-refractivity contribution is -0.167. The van der Waals surface area contributed by atoms with Crippen LogP contribution in [-0.4, -0.2) is 37.2 Å². The van der Waals surface area contributed by atoms with E-state index < -0.39 is 6.10 Å². The Balaban J connectivity index is 4.34. The summed E-state index contributed by atoms with van der Waals surface area (Å²) >= 11 is 0. The van der Waals surface area contributed by atoms with Gasteiger partial charge < -0.3 is 14.2 Å². The van der Waals surface area contributed by atoms with Gasteiger partial charge in [0.1, 0.15) is 13.2 Å². The predicted molar refractivity (Wildman–Crippen MR) is 196 cm³/mol. The molecular weight excluding hydrogens is 588 g/mol. The van der Waals surface area contributed by atoms with E-state index in [-0.39, 0.29) is 37.5 Å². The van der Waals surface area contributed by atoms with Gasteiger partial charge in [0, 0.05) is 19.3 Å². The van der Waals surface area contributed by atoms with Crippen LogP contribution < -0.4 is 0 Å². The highest BCUT2D eigenvalue weighted by atomic mass is 16.6. The van der Waals surface area contributed by atoms with Crippen molar-refractivity contribution in [3.05, 3.63) is 60.8 Å². The Morgan fingerprint density at radius 3 is 1.30 bits per heavy atom. The topological polar surface area (TPSA) is 78.9 Å².